The third-order valence-electron chi connectivity index (χ3n) is 4.47. The standard InChI is InChI=1S/C16H19BrClNO/c1-2-11-4-3-7-16(9-11,10-19)15(20)13-6-5-12(17)8-14(13)18/h5-6,8,11,15,20H,2-4,7,9H2,1H3. The van der Waals surface area contributed by atoms with E-state index in [1.807, 2.05) is 12.1 Å². The lowest BCUT2D eigenvalue weighted by atomic mass is 9.65. The second kappa shape index (κ2) is 6.47. The molecule has 1 aliphatic carbocycles. The molecule has 2 nitrogen and oxygen atoms in total. The van der Waals surface area contributed by atoms with Crippen LogP contribution < -0.4 is 0 Å². The minimum absolute atomic E-state index is 0.514. The summed E-state index contributed by atoms with van der Waals surface area (Å²) in [7, 11) is 0. The Morgan fingerprint density at radius 2 is 2.35 bits per heavy atom. The quantitative estimate of drug-likeness (QED) is 0.804. The van der Waals surface area contributed by atoms with Gasteiger partial charge in [0.25, 0.3) is 0 Å². The number of aliphatic hydroxyl groups is 1. The molecule has 1 aromatic rings. The summed E-state index contributed by atoms with van der Waals surface area (Å²) < 4.78 is 0.875. The van der Waals surface area contributed by atoms with E-state index in [4.69, 9.17) is 11.6 Å². The van der Waals surface area contributed by atoms with Crippen LogP contribution in [0.4, 0.5) is 0 Å². The fourth-order valence-electron chi connectivity index (χ4n) is 3.21. The molecule has 1 saturated carbocycles. The molecule has 1 aliphatic rings. The van der Waals surface area contributed by atoms with Gasteiger partial charge in [-0.2, -0.15) is 5.26 Å². The highest BCUT2D eigenvalue weighted by molar-refractivity contribution is 9.10. The first-order valence-corrected chi connectivity index (χ1v) is 8.24. The molecule has 3 atom stereocenters. The molecule has 0 bridgehead atoms. The molecule has 0 aliphatic heterocycles. The van der Waals surface area contributed by atoms with Crippen LogP contribution in [-0.2, 0) is 0 Å². The monoisotopic (exact) mass is 355 g/mol. The molecule has 0 amide bonds. The summed E-state index contributed by atoms with van der Waals surface area (Å²) >= 11 is 9.59. The van der Waals surface area contributed by atoms with E-state index < -0.39 is 11.5 Å². The number of halogens is 2. The van der Waals surface area contributed by atoms with Crippen molar-refractivity contribution >= 4 is 27.5 Å². The van der Waals surface area contributed by atoms with Gasteiger partial charge < -0.3 is 5.11 Å². The van der Waals surface area contributed by atoms with Gasteiger partial charge in [0.05, 0.1) is 17.6 Å². The highest BCUT2D eigenvalue weighted by Crippen LogP contribution is 2.49. The lowest BCUT2D eigenvalue weighted by Gasteiger charge is -2.39. The average Bonchev–Trinajstić information content (AvgIpc) is 2.46. The Balaban J connectivity index is 2.33. The lowest BCUT2D eigenvalue weighted by Crippen LogP contribution is -2.33. The van der Waals surface area contributed by atoms with Crippen LogP contribution in [0, 0.1) is 22.7 Å². The van der Waals surface area contributed by atoms with E-state index in [0.717, 1.165) is 36.6 Å². The van der Waals surface area contributed by atoms with Crippen LogP contribution in [0.1, 0.15) is 50.7 Å². The Hall–Kier alpha value is -0.560. The molecular formula is C16H19BrClNO. The molecule has 2 rings (SSSR count). The third kappa shape index (κ3) is 3.03. The first kappa shape index (κ1) is 15.8. The van der Waals surface area contributed by atoms with Gasteiger partial charge in [-0.1, -0.05) is 59.8 Å². The van der Waals surface area contributed by atoms with E-state index in [1.54, 1.807) is 6.07 Å². The number of hydrogen-bond acceptors (Lipinski definition) is 2. The Morgan fingerprint density at radius 3 is 2.95 bits per heavy atom. The number of rotatable bonds is 3. The Morgan fingerprint density at radius 1 is 1.60 bits per heavy atom. The molecular weight excluding hydrogens is 338 g/mol. The molecule has 108 valence electrons. The first-order chi connectivity index (χ1) is 9.52. The van der Waals surface area contributed by atoms with Crippen LogP contribution in [0.15, 0.2) is 22.7 Å². The summed E-state index contributed by atoms with van der Waals surface area (Å²) in [5.41, 5.74) is -0.0377. The zero-order valence-corrected chi connectivity index (χ0v) is 13.9. The van der Waals surface area contributed by atoms with Crippen molar-refractivity contribution in [2.45, 2.75) is 45.1 Å². The van der Waals surface area contributed by atoms with Crippen molar-refractivity contribution in [1.82, 2.24) is 0 Å². The maximum atomic E-state index is 10.8. The number of nitriles is 1. The van der Waals surface area contributed by atoms with Crippen molar-refractivity contribution in [3.63, 3.8) is 0 Å². The summed E-state index contributed by atoms with van der Waals surface area (Å²) in [5, 5.41) is 20.9. The van der Waals surface area contributed by atoms with Gasteiger partial charge in [0.15, 0.2) is 0 Å². The zero-order chi connectivity index (χ0) is 14.8. The molecule has 0 radical (unpaired) electrons. The second-order valence-electron chi connectivity index (χ2n) is 5.71. The Bertz CT molecular complexity index is 528. The van der Waals surface area contributed by atoms with Crippen LogP contribution in [0.5, 0.6) is 0 Å². The van der Waals surface area contributed by atoms with Gasteiger partial charge in [-0.25, -0.2) is 0 Å². The number of nitrogens with zero attached hydrogens (tertiary/aromatic N) is 1. The van der Waals surface area contributed by atoms with Gasteiger partial charge in [0.1, 0.15) is 0 Å². The predicted octanol–water partition coefficient (Wildman–Crippen LogP) is 5.25. The minimum Gasteiger partial charge on any atom is -0.387 e. The molecule has 0 heterocycles. The summed E-state index contributed by atoms with van der Waals surface area (Å²) in [4.78, 5) is 0. The second-order valence-corrected chi connectivity index (χ2v) is 7.03. The van der Waals surface area contributed by atoms with Crippen LogP contribution in [-0.4, -0.2) is 5.11 Å². The Labute approximate surface area is 133 Å². The van der Waals surface area contributed by atoms with Crippen molar-refractivity contribution in [2.24, 2.45) is 11.3 Å². The minimum atomic E-state index is -0.817. The number of aliphatic hydroxyl groups excluding tert-OH is 1. The summed E-state index contributed by atoms with van der Waals surface area (Å²) in [6.45, 7) is 2.15. The number of hydrogen-bond donors (Lipinski definition) is 1. The summed E-state index contributed by atoms with van der Waals surface area (Å²) in [6, 6.07) is 7.84. The van der Waals surface area contributed by atoms with E-state index in [-0.39, 0.29) is 0 Å². The number of benzene rings is 1. The largest absolute Gasteiger partial charge is 0.387 e. The maximum absolute atomic E-state index is 10.8. The first-order valence-electron chi connectivity index (χ1n) is 7.06. The Kier molecular flexibility index (Phi) is 5.12. The normalized spacial score (nSPS) is 27.9. The molecule has 0 saturated heterocycles. The van der Waals surface area contributed by atoms with E-state index in [9.17, 15) is 10.4 Å². The van der Waals surface area contributed by atoms with Gasteiger partial charge in [-0.05, 0) is 30.9 Å². The van der Waals surface area contributed by atoms with Crippen LogP contribution >= 0.6 is 27.5 Å². The maximum Gasteiger partial charge on any atom is 0.0990 e. The third-order valence-corrected chi connectivity index (χ3v) is 5.29. The van der Waals surface area contributed by atoms with E-state index >= 15 is 0 Å². The molecule has 1 aromatic carbocycles. The van der Waals surface area contributed by atoms with Crippen molar-refractivity contribution in [3.8, 4) is 6.07 Å². The highest BCUT2D eigenvalue weighted by Gasteiger charge is 2.43. The van der Waals surface area contributed by atoms with Crippen molar-refractivity contribution in [3.05, 3.63) is 33.3 Å². The van der Waals surface area contributed by atoms with Crippen LogP contribution in [0.25, 0.3) is 0 Å². The predicted molar refractivity (Wildman–Crippen MR) is 84.4 cm³/mol. The fraction of sp³-hybridized carbons (Fsp3) is 0.562. The highest BCUT2D eigenvalue weighted by atomic mass is 79.9. The molecule has 20 heavy (non-hydrogen) atoms. The zero-order valence-electron chi connectivity index (χ0n) is 11.6. The van der Waals surface area contributed by atoms with Crippen molar-refractivity contribution in [2.75, 3.05) is 0 Å². The molecule has 1 N–H and O–H groups in total. The van der Waals surface area contributed by atoms with Gasteiger partial charge >= 0.3 is 0 Å². The van der Waals surface area contributed by atoms with Crippen LogP contribution in [0.3, 0.4) is 0 Å². The molecule has 1 fully saturated rings. The van der Waals surface area contributed by atoms with E-state index in [2.05, 4.69) is 28.9 Å². The lowest BCUT2D eigenvalue weighted by molar-refractivity contribution is 0.0186. The SMILES string of the molecule is CCC1CCCC(C#N)(C(O)c2ccc(Br)cc2Cl)C1. The fourth-order valence-corrected chi connectivity index (χ4v) is 3.98. The molecule has 3 unspecified atom stereocenters. The molecule has 0 spiro atoms. The average molecular weight is 357 g/mol. The summed E-state index contributed by atoms with van der Waals surface area (Å²) in [6.07, 6.45) is 3.89. The molecule has 4 heteroatoms. The van der Waals surface area contributed by atoms with Gasteiger partial charge in [-0.3, -0.25) is 0 Å². The molecule has 0 aromatic heterocycles. The van der Waals surface area contributed by atoms with Gasteiger partial charge in [-0.15, -0.1) is 0 Å². The van der Waals surface area contributed by atoms with Gasteiger partial charge in [0.2, 0.25) is 0 Å². The van der Waals surface area contributed by atoms with Crippen molar-refractivity contribution in [1.29, 1.82) is 5.26 Å². The van der Waals surface area contributed by atoms with Crippen molar-refractivity contribution < 1.29 is 5.11 Å². The topological polar surface area (TPSA) is 44.0 Å². The van der Waals surface area contributed by atoms with E-state index in [1.165, 1.54) is 0 Å². The van der Waals surface area contributed by atoms with Gasteiger partial charge in [0, 0.05) is 15.1 Å². The van der Waals surface area contributed by atoms with Crippen LogP contribution in [0.2, 0.25) is 5.02 Å². The summed E-state index contributed by atoms with van der Waals surface area (Å²) in [5.74, 6) is 0.521. The smallest absolute Gasteiger partial charge is 0.0990 e. The van der Waals surface area contributed by atoms with E-state index in [0.29, 0.717) is 16.5 Å².